The van der Waals surface area contributed by atoms with E-state index >= 15 is 0 Å². The Morgan fingerprint density at radius 1 is 1.30 bits per heavy atom. The number of aryl methyl sites for hydroxylation is 1. The first-order valence-electron chi connectivity index (χ1n) is 9.59. The van der Waals surface area contributed by atoms with Crippen LogP contribution in [0.3, 0.4) is 0 Å². The zero-order valence-electron chi connectivity index (χ0n) is 15.5. The molecule has 7 heteroatoms. The van der Waals surface area contributed by atoms with Gasteiger partial charge in [-0.15, -0.1) is 0 Å². The van der Waals surface area contributed by atoms with Gasteiger partial charge in [0.2, 0.25) is 0 Å². The van der Waals surface area contributed by atoms with Crippen molar-refractivity contribution in [3.05, 3.63) is 40.7 Å². The summed E-state index contributed by atoms with van der Waals surface area (Å²) >= 11 is 0. The van der Waals surface area contributed by atoms with Crippen LogP contribution in [0.4, 0.5) is 11.4 Å². The number of aromatic nitrogens is 2. The average molecular weight is 367 g/mol. The number of carbonyl (C=O) groups is 2. The standard InChI is InChI=1S/C20H25N5O2/c1-12-4-3-9-25(11-12)17-8-7-13(10-15(17)19(21)26)22-20(27)18-14-5-2-6-16(14)23-24-18/h7-8,10,12H,2-6,9,11H2,1H3,(H2,21,26)(H,22,27)(H,23,24). The lowest BCUT2D eigenvalue weighted by Crippen LogP contribution is -2.35. The van der Waals surface area contributed by atoms with Crippen molar-refractivity contribution in [3.63, 3.8) is 0 Å². The lowest BCUT2D eigenvalue weighted by Gasteiger charge is -2.33. The molecular formula is C20H25N5O2. The number of nitrogens with zero attached hydrogens (tertiary/aromatic N) is 2. The van der Waals surface area contributed by atoms with Crippen LogP contribution in [0.25, 0.3) is 0 Å². The number of aromatic amines is 1. The van der Waals surface area contributed by atoms with Gasteiger partial charge < -0.3 is 16.0 Å². The van der Waals surface area contributed by atoms with Gasteiger partial charge in [-0.2, -0.15) is 5.10 Å². The van der Waals surface area contributed by atoms with E-state index in [2.05, 4.69) is 27.3 Å². The van der Waals surface area contributed by atoms with Crippen molar-refractivity contribution < 1.29 is 9.59 Å². The molecule has 0 spiro atoms. The molecule has 27 heavy (non-hydrogen) atoms. The number of H-pyrrole nitrogens is 1. The first-order chi connectivity index (χ1) is 13.0. The molecule has 2 aromatic rings. The summed E-state index contributed by atoms with van der Waals surface area (Å²) in [6.07, 6.45) is 5.14. The fourth-order valence-corrected chi connectivity index (χ4v) is 4.19. The van der Waals surface area contributed by atoms with Crippen molar-refractivity contribution in [2.45, 2.75) is 39.0 Å². The van der Waals surface area contributed by atoms with E-state index < -0.39 is 5.91 Å². The number of carbonyl (C=O) groups excluding carboxylic acids is 2. The molecule has 1 fully saturated rings. The van der Waals surface area contributed by atoms with Gasteiger partial charge in [0.05, 0.1) is 5.56 Å². The van der Waals surface area contributed by atoms with Gasteiger partial charge in [-0.25, -0.2) is 0 Å². The Morgan fingerprint density at radius 2 is 2.15 bits per heavy atom. The van der Waals surface area contributed by atoms with Crippen molar-refractivity contribution in [1.29, 1.82) is 0 Å². The molecule has 0 bridgehead atoms. The van der Waals surface area contributed by atoms with E-state index in [1.807, 2.05) is 12.1 Å². The minimum Gasteiger partial charge on any atom is -0.371 e. The van der Waals surface area contributed by atoms with Gasteiger partial charge in [0.25, 0.3) is 11.8 Å². The highest BCUT2D eigenvalue weighted by Crippen LogP contribution is 2.29. The van der Waals surface area contributed by atoms with Crippen molar-refractivity contribution in [3.8, 4) is 0 Å². The van der Waals surface area contributed by atoms with Gasteiger partial charge in [0.1, 0.15) is 0 Å². The van der Waals surface area contributed by atoms with E-state index in [0.29, 0.717) is 22.9 Å². The summed E-state index contributed by atoms with van der Waals surface area (Å²) in [7, 11) is 0. The lowest BCUT2D eigenvalue weighted by molar-refractivity contribution is 0.0995. The first kappa shape index (κ1) is 17.6. The zero-order valence-corrected chi connectivity index (χ0v) is 15.5. The second-order valence-corrected chi connectivity index (χ2v) is 7.63. The molecule has 2 heterocycles. The van der Waals surface area contributed by atoms with E-state index in [0.717, 1.165) is 55.7 Å². The number of hydrogen-bond acceptors (Lipinski definition) is 4. The number of amides is 2. The van der Waals surface area contributed by atoms with Gasteiger partial charge >= 0.3 is 0 Å². The molecule has 1 aliphatic heterocycles. The Bertz CT molecular complexity index is 888. The fraction of sp³-hybridized carbons (Fsp3) is 0.450. The maximum absolute atomic E-state index is 12.6. The molecule has 2 aliphatic rings. The van der Waals surface area contributed by atoms with Crippen LogP contribution in [0.15, 0.2) is 18.2 Å². The molecule has 4 rings (SSSR count). The summed E-state index contributed by atoms with van der Waals surface area (Å²) in [6.45, 7) is 4.04. The Kier molecular flexibility index (Phi) is 4.59. The Labute approximate surface area is 158 Å². The predicted molar refractivity (Wildman–Crippen MR) is 104 cm³/mol. The Morgan fingerprint density at radius 3 is 2.93 bits per heavy atom. The van der Waals surface area contributed by atoms with Gasteiger partial charge in [-0.3, -0.25) is 14.7 Å². The molecule has 7 nitrogen and oxygen atoms in total. The summed E-state index contributed by atoms with van der Waals surface area (Å²) in [5.74, 6) is -0.162. The quantitative estimate of drug-likeness (QED) is 0.772. The van der Waals surface area contributed by atoms with Crippen molar-refractivity contribution >= 4 is 23.2 Å². The minimum absolute atomic E-state index is 0.260. The van der Waals surface area contributed by atoms with Gasteiger partial charge in [0, 0.05) is 35.7 Å². The van der Waals surface area contributed by atoms with Crippen molar-refractivity contribution in [2.75, 3.05) is 23.3 Å². The maximum atomic E-state index is 12.6. The molecule has 1 aromatic heterocycles. The number of primary amides is 1. The van der Waals surface area contributed by atoms with E-state index in [1.54, 1.807) is 6.07 Å². The summed E-state index contributed by atoms with van der Waals surface area (Å²) < 4.78 is 0. The normalized spacial score (nSPS) is 19.0. The summed E-state index contributed by atoms with van der Waals surface area (Å²) in [5.41, 5.74) is 9.95. The number of anilines is 2. The third-order valence-electron chi connectivity index (χ3n) is 5.54. The van der Waals surface area contributed by atoms with Crippen LogP contribution in [-0.4, -0.2) is 35.1 Å². The number of nitrogens with one attached hydrogen (secondary N) is 2. The van der Waals surface area contributed by atoms with Crippen molar-refractivity contribution in [2.24, 2.45) is 11.7 Å². The number of piperidine rings is 1. The molecule has 1 aromatic carbocycles. The van der Waals surface area contributed by atoms with Gasteiger partial charge in [-0.05, 0) is 56.2 Å². The average Bonchev–Trinajstić information content (AvgIpc) is 3.25. The van der Waals surface area contributed by atoms with Crippen LogP contribution >= 0.6 is 0 Å². The highest BCUT2D eigenvalue weighted by atomic mass is 16.2. The lowest BCUT2D eigenvalue weighted by atomic mass is 9.98. The molecule has 1 unspecified atom stereocenters. The number of benzene rings is 1. The topological polar surface area (TPSA) is 104 Å². The molecule has 1 aliphatic carbocycles. The van der Waals surface area contributed by atoms with E-state index in [1.165, 1.54) is 6.42 Å². The first-order valence-corrected chi connectivity index (χ1v) is 9.59. The predicted octanol–water partition coefficient (Wildman–Crippen LogP) is 2.49. The van der Waals surface area contributed by atoms with Crippen LogP contribution < -0.4 is 16.0 Å². The number of fused-ring (bicyclic) bond motifs is 1. The van der Waals surface area contributed by atoms with Crippen LogP contribution in [0.1, 0.15) is 58.3 Å². The van der Waals surface area contributed by atoms with Crippen LogP contribution in [0.2, 0.25) is 0 Å². The fourth-order valence-electron chi connectivity index (χ4n) is 4.19. The van der Waals surface area contributed by atoms with Crippen LogP contribution in [0.5, 0.6) is 0 Å². The molecule has 1 saturated heterocycles. The third kappa shape index (κ3) is 3.41. The molecule has 2 amide bonds. The van der Waals surface area contributed by atoms with E-state index in [9.17, 15) is 9.59 Å². The van der Waals surface area contributed by atoms with Gasteiger partial charge in [-0.1, -0.05) is 6.92 Å². The molecule has 1 atom stereocenters. The summed E-state index contributed by atoms with van der Waals surface area (Å²) in [4.78, 5) is 26.9. The van der Waals surface area contributed by atoms with Gasteiger partial charge in [0.15, 0.2) is 5.69 Å². The third-order valence-corrected chi connectivity index (χ3v) is 5.54. The highest BCUT2D eigenvalue weighted by molar-refractivity contribution is 6.06. The summed E-state index contributed by atoms with van der Waals surface area (Å²) in [5, 5.41) is 9.96. The number of rotatable bonds is 4. The van der Waals surface area contributed by atoms with Crippen molar-refractivity contribution in [1.82, 2.24) is 10.2 Å². The molecule has 0 radical (unpaired) electrons. The number of hydrogen-bond donors (Lipinski definition) is 3. The zero-order chi connectivity index (χ0) is 19.0. The Hall–Kier alpha value is -2.83. The largest absolute Gasteiger partial charge is 0.371 e. The van der Waals surface area contributed by atoms with Crippen LogP contribution in [0, 0.1) is 5.92 Å². The molecule has 4 N–H and O–H groups in total. The summed E-state index contributed by atoms with van der Waals surface area (Å²) in [6, 6.07) is 5.37. The number of nitrogens with two attached hydrogens (primary N) is 1. The molecular weight excluding hydrogens is 342 g/mol. The molecule has 142 valence electrons. The molecule has 0 saturated carbocycles. The van der Waals surface area contributed by atoms with E-state index in [4.69, 9.17) is 5.73 Å². The Balaban J connectivity index is 1.57. The smallest absolute Gasteiger partial charge is 0.276 e. The highest BCUT2D eigenvalue weighted by Gasteiger charge is 2.24. The van der Waals surface area contributed by atoms with E-state index in [-0.39, 0.29) is 5.91 Å². The monoisotopic (exact) mass is 367 g/mol. The SMILES string of the molecule is CC1CCCN(c2ccc(NC(=O)c3n[nH]c4c3CCC4)cc2C(N)=O)C1. The second-order valence-electron chi connectivity index (χ2n) is 7.63. The van der Waals surface area contributed by atoms with Crippen LogP contribution in [-0.2, 0) is 12.8 Å². The second kappa shape index (κ2) is 7.06. The minimum atomic E-state index is -0.486. The maximum Gasteiger partial charge on any atom is 0.276 e.